The highest BCUT2D eigenvalue weighted by Crippen LogP contribution is 2.31. The van der Waals surface area contributed by atoms with Gasteiger partial charge >= 0.3 is 0 Å². The second kappa shape index (κ2) is 6.92. The molecule has 0 fully saturated rings. The van der Waals surface area contributed by atoms with E-state index in [1.165, 1.54) is 0 Å². The Bertz CT molecular complexity index is 1070. The average Bonchev–Trinajstić information content (AvgIpc) is 2.68. The Morgan fingerprint density at radius 3 is 2.59 bits per heavy atom. The van der Waals surface area contributed by atoms with Gasteiger partial charge in [0.25, 0.3) is 0 Å². The highest BCUT2D eigenvalue weighted by Gasteiger charge is 2.09. The van der Waals surface area contributed by atoms with Crippen molar-refractivity contribution in [3.8, 4) is 11.5 Å². The van der Waals surface area contributed by atoms with Crippen LogP contribution in [0.5, 0.6) is 11.5 Å². The smallest absolute Gasteiger partial charge is 0.222 e. The summed E-state index contributed by atoms with van der Waals surface area (Å²) in [7, 11) is 1.94. The fourth-order valence-corrected chi connectivity index (χ4v) is 2.93. The molecule has 6 heteroatoms. The number of aryl methyl sites for hydroxylation is 1. The number of pyridine rings is 1. The van der Waals surface area contributed by atoms with Crippen LogP contribution in [-0.4, -0.2) is 22.0 Å². The zero-order chi connectivity index (χ0) is 18.8. The SMILES string of the molecule is Cc1cc(N(C)c2ccc(Oc3cccc4cnccc34)cc2)nc(N)n1. The van der Waals surface area contributed by atoms with E-state index in [-0.39, 0.29) is 5.95 Å². The highest BCUT2D eigenvalue weighted by atomic mass is 16.5. The lowest BCUT2D eigenvalue weighted by atomic mass is 10.1. The molecule has 0 spiro atoms. The van der Waals surface area contributed by atoms with Crippen molar-refractivity contribution in [2.24, 2.45) is 0 Å². The number of aromatic nitrogens is 3. The van der Waals surface area contributed by atoms with Gasteiger partial charge in [-0.2, -0.15) is 4.98 Å². The summed E-state index contributed by atoms with van der Waals surface area (Å²) in [5.41, 5.74) is 7.56. The van der Waals surface area contributed by atoms with Crippen LogP contribution in [-0.2, 0) is 0 Å². The molecule has 0 atom stereocenters. The first-order valence-electron chi connectivity index (χ1n) is 8.56. The second-order valence-corrected chi connectivity index (χ2v) is 6.23. The minimum absolute atomic E-state index is 0.266. The molecule has 0 unspecified atom stereocenters. The molecule has 0 aliphatic carbocycles. The van der Waals surface area contributed by atoms with E-state index in [4.69, 9.17) is 10.5 Å². The number of hydrogen-bond acceptors (Lipinski definition) is 6. The normalized spacial score (nSPS) is 10.7. The lowest BCUT2D eigenvalue weighted by Gasteiger charge is -2.19. The minimum atomic E-state index is 0.266. The first-order valence-corrected chi connectivity index (χ1v) is 8.56. The number of hydrogen-bond donors (Lipinski definition) is 1. The largest absolute Gasteiger partial charge is 0.457 e. The van der Waals surface area contributed by atoms with Crippen LogP contribution in [0, 0.1) is 6.92 Å². The van der Waals surface area contributed by atoms with E-state index in [1.54, 1.807) is 6.20 Å². The number of nitrogens with two attached hydrogens (primary N) is 1. The van der Waals surface area contributed by atoms with E-state index in [2.05, 4.69) is 15.0 Å². The van der Waals surface area contributed by atoms with E-state index in [9.17, 15) is 0 Å². The van der Waals surface area contributed by atoms with Crippen LogP contribution >= 0.6 is 0 Å². The van der Waals surface area contributed by atoms with Gasteiger partial charge in [-0.15, -0.1) is 0 Å². The molecule has 2 N–H and O–H groups in total. The topological polar surface area (TPSA) is 77.2 Å². The molecular weight excluding hydrogens is 338 g/mol. The van der Waals surface area contributed by atoms with Crippen LogP contribution in [0.3, 0.4) is 0 Å². The van der Waals surface area contributed by atoms with E-state index in [0.717, 1.165) is 39.5 Å². The number of nitrogen functional groups attached to an aromatic ring is 1. The van der Waals surface area contributed by atoms with E-state index < -0.39 is 0 Å². The van der Waals surface area contributed by atoms with Crippen molar-refractivity contribution >= 4 is 28.2 Å². The molecule has 2 aromatic heterocycles. The van der Waals surface area contributed by atoms with Gasteiger partial charge in [0, 0.05) is 47.7 Å². The molecule has 0 aliphatic heterocycles. The summed E-state index contributed by atoms with van der Waals surface area (Å²) in [5, 5.41) is 2.07. The van der Waals surface area contributed by atoms with Gasteiger partial charge in [-0.1, -0.05) is 12.1 Å². The van der Waals surface area contributed by atoms with Gasteiger partial charge in [0.05, 0.1) is 0 Å². The molecule has 2 heterocycles. The Kier molecular flexibility index (Phi) is 4.30. The van der Waals surface area contributed by atoms with Gasteiger partial charge in [-0.3, -0.25) is 4.98 Å². The van der Waals surface area contributed by atoms with Crippen LogP contribution in [0.15, 0.2) is 67.0 Å². The molecule has 27 heavy (non-hydrogen) atoms. The summed E-state index contributed by atoms with van der Waals surface area (Å²) in [5.74, 6) is 2.57. The van der Waals surface area contributed by atoms with E-state index >= 15 is 0 Å². The molecule has 4 aromatic rings. The van der Waals surface area contributed by atoms with Gasteiger partial charge in [-0.25, -0.2) is 4.98 Å². The third-order valence-corrected chi connectivity index (χ3v) is 4.29. The van der Waals surface area contributed by atoms with Crippen LogP contribution in [0.4, 0.5) is 17.5 Å². The maximum absolute atomic E-state index is 6.08. The number of fused-ring (bicyclic) bond motifs is 1. The van der Waals surface area contributed by atoms with Gasteiger partial charge in [0.15, 0.2) is 0 Å². The van der Waals surface area contributed by atoms with E-state index in [1.807, 2.05) is 79.7 Å². The maximum Gasteiger partial charge on any atom is 0.222 e. The predicted octanol–water partition coefficient (Wildman–Crippen LogP) is 4.48. The summed E-state index contributed by atoms with van der Waals surface area (Å²) in [6.45, 7) is 1.89. The number of anilines is 3. The molecular formula is C21H19N5O. The van der Waals surface area contributed by atoms with Gasteiger partial charge < -0.3 is 15.4 Å². The summed E-state index contributed by atoms with van der Waals surface area (Å²) in [4.78, 5) is 14.5. The summed E-state index contributed by atoms with van der Waals surface area (Å²) in [6.07, 6.45) is 3.60. The van der Waals surface area contributed by atoms with Crippen LogP contribution in [0.25, 0.3) is 10.8 Å². The molecule has 0 radical (unpaired) electrons. The summed E-state index contributed by atoms with van der Waals surface area (Å²) in [6, 6.07) is 17.6. The van der Waals surface area contributed by atoms with Crippen molar-refractivity contribution in [1.82, 2.24) is 15.0 Å². The lowest BCUT2D eigenvalue weighted by Crippen LogP contribution is -2.13. The molecule has 134 valence electrons. The molecule has 0 saturated carbocycles. The van der Waals surface area contributed by atoms with Crippen molar-refractivity contribution < 1.29 is 4.74 Å². The standard InChI is InChI=1S/C21H19N5O/c1-14-12-20(25-21(22)24-14)26(2)16-6-8-17(9-7-16)27-19-5-3-4-15-13-23-11-10-18(15)19/h3-13H,1-2H3,(H2,22,24,25). The first kappa shape index (κ1) is 16.8. The summed E-state index contributed by atoms with van der Waals surface area (Å²) >= 11 is 0. The number of benzene rings is 2. The van der Waals surface area contributed by atoms with Crippen LogP contribution in [0.2, 0.25) is 0 Å². The molecule has 2 aromatic carbocycles. The molecule has 0 amide bonds. The van der Waals surface area contributed by atoms with Crippen molar-refractivity contribution in [3.05, 3.63) is 72.7 Å². The summed E-state index contributed by atoms with van der Waals surface area (Å²) < 4.78 is 6.08. The van der Waals surface area contributed by atoms with Crippen molar-refractivity contribution in [3.63, 3.8) is 0 Å². The van der Waals surface area contributed by atoms with Gasteiger partial charge in [-0.05, 0) is 43.3 Å². The zero-order valence-electron chi connectivity index (χ0n) is 15.1. The Hall–Kier alpha value is -3.67. The minimum Gasteiger partial charge on any atom is -0.457 e. The maximum atomic E-state index is 6.08. The quantitative estimate of drug-likeness (QED) is 0.580. The van der Waals surface area contributed by atoms with Crippen LogP contribution in [0.1, 0.15) is 5.69 Å². The van der Waals surface area contributed by atoms with Gasteiger partial charge in [0.1, 0.15) is 17.3 Å². The number of nitrogens with zero attached hydrogens (tertiary/aromatic N) is 4. The molecule has 0 saturated heterocycles. The van der Waals surface area contributed by atoms with E-state index in [0.29, 0.717) is 0 Å². The lowest BCUT2D eigenvalue weighted by molar-refractivity contribution is 0.488. The Morgan fingerprint density at radius 1 is 1.00 bits per heavy atom. The fraction of sp³-hybridized carbons (Fsp3) is 0.0952. The highest BCUT2D eigenvalue weighted by molar-refractivity contribution is 5.87. The molecule has 0 bridgehead atoms. The Labute approximate surface area is 157 Å². The zero-order valence-corrected chi connectivity index (χ0v) is 15.1. The first-order chi connectivity index (χ1) is 13.1. The third kappa shape index (κ3) is 3.50. The molecule has 6 nitrogen and oxygen atoms in total. The van der Waals surface area contributed by atoms with Crippen LogP contribution < -0.4 is 15.4 Å². The average molecular weight is 357 g/mol. The van der Waals surface area contributed by atoms with Crippen molar-refractivity contribution in [1.29, 1.82) is 0 Å². The fourth-order valence-electron chi connectivity index (χ4n) is 2.93. The number of ether oxygens (including phenoxy) is 1. The van der Waals surface area contributed by atoms with Crippen molar-refractivity contribution in [2.75, 3.05) is 17.7 Å². The number of rotatable bonds is 4. The Balaban J connectivity index is 1.58. The monoisotopic (exact) mass is 357 g/mol. The Morgan fingerprint density at radius 2 is 1.81 bits per heavy atom. The molecule has 4 rings (SSSR count). The predicted molar refractivity (Wildman–Crippen MR) is 108 cm³/mol. The van der Waals surface area contributed by atoms with Gasteiger partial charge in [0.2, 0.25) is 5.95 Å². The van der Waals surface area contributed by atoms with Crippen molar-refractivity contribution in [2.45, 2.75) is 6.92 Å². The third-order valence-electron chi connectivity index (χ3n) is 4.29. The molecule has 0 aliphatic rings. The second-order valence-electron chi connectivity index (χ2n) is 6.23.